The van der Waals surface area contributed by atoms with E-state index in [1.165, 1.54) is 6.42 Å². The van der Waals surface area contributed by atoms with Crippen LogP contribution in [0.3, 0.4) is 0 Å². The van der Waals surface area contributed by atoms with Gasteiger partial charge in [0.25, 0.3) is 0 Å². The van der Waals surface area contributed by atoms with E-state index in [1.807, 2.05) is 19.1 Å². The van der Waals surface area contributed by atoms with Gasteiger partial charge in [-0.3, -0.25) is 4.98 Å². The van der Waals surface area contributed by atoms with E-state index in [0.29, 0.717) is 5.56 Å². The lowest BCUT2D eigenvalue weighted by molar-refractivity contribution is 1.09. The Hall–Kier alpha value is -1.36. The molecule has 0 aromatic carbocycles. The van der Waals surface area contributed by atoms with Crippen molar-refractivity contribution in [2.45, 2.75) is 27.2 Å². The van der Waals surface area contributed by atoms with Gasteiger partial charge in [-0.25, -0.2) is 0 Å². The van der Waals surface area contributed by atoms with Crippen molar-refractivity contribution in [3.8, 4) is 6.07 Å². The van der Waals surface area contributed by atoms with Crippen LogP contribution in [0.4, 0.5) is 0 Å². The molecule has 0 saturated heterocycles. The largest absolute Gasteiger partial charge is 0.260 e. The lowest BCUT2D eigenvalue weighted by Gasteiger charge is -1.87. The van der Waals surface area contributed by atoms with Crippen LogP contribution in [0.2, 0.25) is 0 Å². The van der Waals surface area contributed by atoms with E-state index >= 15 is 0 Å². The van der Waals surface area contributed by atoms with Gasteiger partial charge in [0.1, 0.15) is 6.07 Å². The molecule has 1 heterocycles. The molecule has 0 unspecified atom stereocenters. The number of rotatable bonds is 0. The third-order valence-corrected chi connectivity index (χ3v) is 1.04. The summed E-state index contributed by atoms with van der Waals surface area (Å²) in [5, 5.41) is 8.34. The maximum atomic E-state index is 8.34. The molecule has 0 aliphatic rings. The molecule has 0 amide bonds. The van der Waals surface area contributed by atoms with E-state index in [2.05, 4.69) is 18.8 Å². The molecule has 12 heavy (non-hydrogen) atoms. The molecule has 0 atom stereocenters. The molecule has 0 fully saturated rings. The zero-order chi connectivity index (χ0) is 9.40. The molecule has 1 aromatic heterocycles. The summed E-state index contributed by atoms with van der Waals surface area (Å²) in [6.45, 7) is 6.14. The molecule has 0 radical (unpaired) electrons. The molecule has 0 aliphatic heterocycles. The summed E-state index contributed by atoms with van der Waals surface area (Å²) in [5.74, 6) is 0. The Balaban J connectivity index is 0.000000354. The van der Waals surface area contributed by atoms with Crippen LogP contribution in [0, 0.1) is 18.3 Å². The predicted molar refractivity (Wildman–Crippen MR) is 49.7 cm³/mol. The average molecular weight is 162 g/mol. The van der Waals surface area contributed by atoms with Crippen LogP contribution in [-0.4, -0.2) is 4.98 Å². The molecule has 2 nitrogen and oxygen atoms in total. The smallest absolute Gasteiger partial charge is 0.101 e. The van der Waals surface area contributed by atoms with Crippen molar-refractivity contribution >= 4 is 0 Å². The molecule has 1 aromatic rings. The molecule has 0 aliphatic carbocycles. The van der Waals surface area contributed by atoms with Crippen LogP contribution in [0.5, 0.6) is 0 Å². The first-order valence-electron chi connectivity index (χ1n) is 4.07. The third-order valence-electron chi connectivity index (χ3n) is 1.04. The van der Waals surface area contributed by atoms with Crippen molar-refractivity contribution in [2.24, 2.45) is 0 Å². The first-order valence-corrected chi connectivity index (χ1v) is 4.07. The monoisotopic (exact) mass is 162 g/mol. The minimum Gasteiger partial charge on any atom is -0.260 e. The summed E-state index contributed by atoms with van der Waals surface area (Å²) < 4.78 is 0. The van der Waals surface area contributed by atoms with Gasteiger partial charge < -0.3 is 0 Å². The summed E-state index contributed by atoms with van der Waals surface area (Å²) in [6, 6.07) is 5.56. The number of nitriles is 1. The van der Waals surface area contributed by atoms with Crippen molar-refractivity contribution in [3.63, 3.8) is 0 Å². The van der Waals surface area contributed by atoms with E-state index in [4.69, 9.17) is 5.26 Å². The lowest BCUT2D eigenvalue weighted by atomic mass is 10.3. The van der Waals surface area contributed by atoms with Crippen molar-refractivity contribution in [1.29, 1.82) is 5.26 Å². The number of aromatic nitrogens is 1. The molecular weight excluding hydrogens is 148 g/mol. The van der Waals surface area contributed by atoms with Gasteiger partial charge in [-0.2, -0.15) is 5.26 Å². The number of nitrogens with zero attached hydrogens (tertiary/aromatic N) is 2. The maximum Gasteiger partial charge on any atom is 0.101 e. The minimum atomic E-state index is 0.612. The molecule has 1 rings (SSSR count). The summed E-state index contributed by atoms with van der Waals surface area (Å²) >= 11 is 0. The first kappa shape index (κ1) is 10.6. The minimum absolute atomic E-state index is 0.612. The van der Waals surface area contributed by atoms with E-state index < -0.39 is 0 Å². The molecule has 2 heteroatoms. The van der Waals surface area contributed by atoms with Crippen LogP contribution in [0.15, 0.2) is 18.3 Å². The van der Waals surface area contributed by atoms with Crippen LogP contribution in [0.1, 0.15) is 31.5 Å². The fraction of sp³-hybridized carbons (Fsp3) is 0.400. The van der Waals surface area contributed by atoms with Gasteiger partial charge in [-0.05, 0) is 19.1 Å². The lowest BCUT2D eigenvalue weighted by Crippen LogP contribution is -1.79. The van der Waals surface area contributed by atoms with E-state index in [0.717, 1.165) is 5.69 Å². The van der Waals surface area contributed by atoms with Gasteiger partial charge in [0, 0.05) is 11.9 Å². The second kappa shape index (κ2) is 6.36. The maximum absolute atomic E-state index is 8.34. The highest BCUT2D eigenvalue weighted by atomic mass is 14.7. The second-order valence-electron chi connectivity index (χ2n) is 2.51. The first-order chi connectivity index (χ1) is 5.74. The van der Waals surface area contributed by atoms with Gasteiger partial charge >= 0.3 is 0 Å². The standard InChI is InChI=1S/C7H6N2.C3H8/c1-6-2-3-7(4-8)5-9-6;1-3-2/h2-3,5H,1H3;3H2,1-2H3. The second-order valence-corrected chi connectivity index (χ2v) is 2.51. The molecule has 0 bridgehead atoms. The Kier molecular flexibility index (Phi) is 5.64. The molecular formula is C10H14N2. The fourth-order valence-corrected chi connectivity index (χ4v) is 0.534. The predicted octanol–water partition coefficient (Wildman–Crippen LogP) is 2.68. The zero-order valence-electron chi connectivity index (χ0n) is 7.83. The number of hydrogen-bond acceptors (Lipinski definition) is 2. The summed E-state index contributed by atoms with van der Waals surface area (Å²) in [4.78, 5) is 3.93. The summed E-state index contributed by atoms with van der Waals surface area (Å²) in [6.07, 6.45) is 2.81. The van der Waals surface area contributed by atoms with E-state index in [9.17, 15) is 0 Å². The van der Waals surface area contributed by atoms with Gasteiger partial charge in [0.05, 0.1) is 5.56 Å². The van der Waals surface area contributed by atoms with Crippen molar-refractivity contribution in [1.82, 2.24) is 4.98 Å². The Morgan fingerprint density at radius 1 is 1.42 bits per heavy atom. The fourth-order valence-electron chi connectivity index (χ4n) is 0.534. The van der Waals surface area contributed by atoms with Gasteiger partial charge in [-0.1, -0.05) is 20.3 Å². The quantitative estimate of drug-likeness (QED) is 0.588. The Morgan fingerprint density at radius 3 is 2.33 bits per heavy atom. The zero-order valence-corrected chi connectivity index (χ0v) is 7.83. The molecule has 0 saturated carbocycles. The Morgan fingerprint density at radius 2 is 2.00 bits per heavy atom. The van der Waals surface area contributed by atoms with Crippen molar-refractivity contribution < 1.29 is 0 Å². The SMILES string of the molecule is CCC.Cc1ccc(C#N)cn1. The highest BCUT2D eigenvalue weighted by Crippen LogP contribution is 1.95. The molecule has 0 spiro atoms. The van der Waals surface area contributed by atoms with Crippen LogP contribution in [0.25, 0.3) is 0 Å². The Labute approximate surface area is 73.9 Å². The molecule has 64 valence electrons. The number of hydrogen-bond donors (Lipinski definition) is 0. The highest BCUT2D eigenvalue weighted by Gasteiger charge is 1.86. The summed E-state index contributed by atoms with van der Waals surface area (Å²) in [7, 11) is 0. The number of pyridine rings is 1. The van der Waals surface area contributed by atoms with E-state index in [-0.39, 0.29) is 0 Å². The average Bonchev–Trinajstić information content (AvgIpc) is 2.07. The summed E-state index contributed by atoms with van der Waals surface area (Å²) in [5.41, 5.74) is 1.55. The van der Waals surface area contributed by atoms with Gasteiger partial charge in [0.2, 0.25) is 0 Å². The van der Waals surface area contributed by atoms with Crippen molar-refractivity contribution in [3.05, 3.63) is 29.6 Å². The van der Waals surface area contributed by atoms with Gasteiger partial charge in [-0.15, -0.1) is 0 Å². The normalized spacial score (nSPS) is 7.83. The van der Waals surface area contributed by atoms with E-state index in [1.54, 1.807) is 12.3 Å². The Bertz CT molecular complexity index is 244. The van der Waals surface area contributed by atoms with Crippen LogP contribution < -0.4 is 0 Å². The highest BCUT2D eigenvalue weighted by molar-refractivity contribution is 5.25. The topological polar surface area (TPSA) is 36.7 Å². The molecule has 0 N–H and O–H groups in total. The van der Waals surface area contributed by atoms with Gasteiger partial charge in [0.15, 0.2) is 0 Å². The van der Waals surface area contributed by atoms with Crippen LogP contribution >= 0.6 is 0 Å². The third kappa shape index (κ3) is 4.45. The van der Waals surface area contributed by atoms with Crippen LogP contribution in [-0.2, 0) is 0 Å². The number of aryl methyl sites for hydroxylation is 1. The van der Waals surface area contributed by atoms with Crippen molar-refractivity contribution in [2.75, 3.05) is 0 Å².